The van der Waals surface area contributed by atoms with E-state index in [1.165, 1.54) is 17.0 Å². The van der Waals surface area contributed by atoms with Gasteiger partial charge in [-0.05, 0) is 18.6 Å². The standard InChI is InChI=1S/C11H13NO4/c13-5-4-9-7-16-11(15)12(9)8-2-1-3-10(14)6-8/h1-3,6,9,13-14H,4-5,7H2. The largest absolute Gasteiger partial charge is 0.508 e. The van der Waals surface area contributed by atoms with Gasteiger partial charge in [-0.3, -0.25) is 4.90 Å². The van der Waals surface area contributed by atoms with E-state index in [0.29, 0.717) is 12.1 Å². The minimum atomic E-state index is -0.441. The first-order valence-electron chi connectivity index (χ1n) is 5.08. The predicted octanol–water partition coefficient (Wildman–Crippen LogP) is 1.10. The zero-order valence-corrected chi connectivity index (χ0v) is 8.67. The van der Waals surface area contributed by atoms with Crippen LogP contribution in [0, 0.1) is 0 Å². The summed E-state index contributed by atoms with van der Waals surface area (Å²) >= 11 is 0. The number of hydrogen-bond acceptors (Lipinski definition) is 4. The van der Waals surface area contributed by atoms with Crippen molar-refractivity contribution in [2.24, 2.45) is 0 Å². The Kier molecular flexibility index (Phi) is 2.96. The van der Waals surface area contributed by atoms with Crippen LogP contribution in [0.3, 0.4) is 0 Å². The Morgan fingerprint density at radius 3 is 3.00 bits per heavy atom. The highest BCUT2D eigenvalue weighted by Crippen LogP contribution is 2.27. The Hall–Kier alpha value is -1.75. The first-order chi connectivity index (χ1) is 7.72. The number of carbonyl (C=O) groups excluding carboxylic acids is 1. The number of benzene rings is 1. The lowest BCUT2D eigenvalue weighted by molar-refractivity contribution is 0.176. The fourth-order valence-corrected chi connectivity index (χ4v) is 1.78. The number of aliphatic hydroxyl groups excluding tert-OH is 1. The van der Waals surface area contributed by atoms with Gasteiger partial charge in [0, 0.05) is 12.7 Å². The number of hydrogen-bond donors (Lipinski definition) is 2. The minimum absolute atomic E-state index is 0.00335. The van der Waals surface area contributed by atoms with E-state index in [4.69, 9.17) is 9.84 Å². The third-order valence-corrected chi connectivity index (χ3v) is 2.53. The van der Waals surface area contributed by atoms with Gasteiger partial charge in [0.05, 0.1) is 11.7 Å². The smallest absolute Gasteiger partial charge is 0.414 e. The molecule has 86 valence electrons. The number of rotatable bonds is 3. The van der Waals surface area contributed by atoms with Crippen molar-refractivity contribution in [1.29, 1.82) is 0 Å². The number of aliphatic hydroxyl groups is 1. The molecule has 0 aliphatic carbocycles. The number of phenolic OH excluding ortho intramolecular Hbond substituents is 1. The highest BCUT2D eigenvalue weighted by atomic mass is 16.6. The van der Waals surface area contributed by atoms with E-state index in [1.807, 2.05) is 0 Å². The van der Waals surface area contributed by atoms with Crippen LogP contribution in [0.1, 0.15) is 6.42 Å². The molecule has 1 fully saturated rings. The number of aromatic hydroxyl groups is 1. The molecule has 1 aromatic carbocycles. The molecule has 1 atom stereocenters. The summed E-state index contributed by atoms with van der Waals surface area (Å²) in [5.74, 6) is 0.0972. The molecule has 0 spiro atoms. The van der Waals surface area contributed by atoms with Gasteiger partial charge in [0.25, 0.3) is 0 Å². The van der Waals surface area contributed by atoms with Crippen molar-refractivity contribution in [1.82, 2.24) is 0 Å². The van der Waals surface area contributed by atoms with Gasteiger partial charge in [0.2, 0.25) is 0 Å². The number of amides is 1. The Bertz CT molecular complexity index is 393. The monoisotopic (exact) mass is 223 g/mol. The molecule has 1 amide bonds. The van der Waals surface area contributed by atoms with Crippen molar-refractivity contribution in [3.8, 4) is 5.75 Å². The van der Waals surface area contributed by atoms with Crippen LogP contribution in [0.15, 0.2) is 24.3 Å². The summed E-state index contributed by atoms with van der Waals surface area (Å²) in [5.41, 5.74) is 0.584. The zero-order chi connectivity index (χ0) is 11.5. The lowest BCUT2D eigenvalue weighted by Gasteiger charge is -2.20. The van der Waals surface area contributed by atoms with Gasteiger partial charge in [-0.2, -0.15) is 0 Å². The molecule has 1 aromatic rings. The molecule has 5 nitrogen and oxygen atoms in total. The van der Waals surface area contributed by atoms with Crippen molar-refractivity contribution in [3.63, 3.8) is 0 Å². The summed E-state index contributed by atoms with van der Waals surface area (Å²) in [6, 6.07) is 6.24. The first-order valence-corrected chi connectivity index (χ1v) is 5.08. The number of ether oxygens (including phenoxy) is 1. The van der Waals surface area contributed by atoms with Crippen molar-refractivity contribution in [3.05, 3.63) is 24.3 Å². The summed E-state index contributed by atoms with van der Waals surface area (Å²) in [6.45, 7) is 0.270. The lowest BCUT2D eigenvalue weighted by atomic mass is 10.2. The Morgan fingerprint density at radius 2 is 2.31 bits per heavy atom. The van der Waals surface area contributed by atoms with E-state index in [1.54, 1.807) is 12.1 Å². The zero-order valence-electron chi connectivity index (χ0n) is 8.67. The van der Waals surface area contributed by atoms with Crippen LogP contribution < -0.4 is 4.90 Å². The van der Waals surface area contributed by atoms with Crippen molar-refractivity contribution in [2.75, 3.05) is 18.1 Å². The summed E-state index contributed by atoms with van der Waals surface area (Å²) in [4.78, 5) is 13.0. The van der Waals surface area contributed by atoms with Gasteiger partial charge in [-0.1, -0.05) is 6.07 Å². The second-order valence-electron chi connectivity index (χ2n) is 3.63. The van der Waals surface area contributed by atoms with Crippen LogP contribution in [-0.2, 0) is 4.74 Å². The van der Waals surface area contributed by atoms with Crippen molar-refractivity contribution in [2.45, 2.75) is 12.5 Å². The molecule has 1 aliphatic rings. The van der Waals surface area contributed by atoms with Crippen LogP contribution in [0.4, 0.5) is 10.5 Å². The van der Waals surface area contributed by atoms with Gasteiger partial charge in [-0.15, -0.1) is 0 Å². The molecule has 0 aromatic heterocycles. The summed E-state index contributed by atoms with van der Waals surface area (Å²) in [6.07, 6.45) is 0.0190. The molecule has 0 saturated carbocycles. The minimum Gasteiger partial charge on any atom is -0.508 e. The van der Waals surface area contributed by atoms with Crippen molar-refractivity contribution < 1.29 is 19.7 Å². The maximum atomic E-state index is 11.5. The second kappa shape index (κ2) is 4.40. The van der Waals surface area contributed by atoms with Crippen LogP contribution in [0.2, 0.25) is 0 Å². The predicted molar refractivity (Wildman–Crippen MR) is 57.4 cm³/mol. The summed E-state index contributed by atoms with van der Waals surface area (Å²) < 4.78 is 4.92. The Labute approximate surface area is 92.9 Å². The molecule has 16 heavy (non-hydrogen) atoms. The average molecular weight is 223 g/mol. The molecule has 1 unspecified atom stereocenters. The van der Waals surface area contributed by atoms with Gasteiger partial charge < -0.3 is 14.9 Å². The Morgan fingerprint density at radius 1 is 1.50 bits per heavy atom. The highest BCUT2D eigenvalue weighted by Gasteiger charge is 2.33. The third-order valence-electron chi connectivity index (χ3n) is 2.53. The molecule has 1 heterocycles. The Balaban J connectivity index is 2.26. The molecular weight excluding hydrogens is 210 g/mol. The maximum Gasteiger partial charge on any atom is 0.414 e. The van der Waals surface area contributed by atoms with Crippen LogP contribution in [0.25, 0.3) is 0 Å². The third kappa shape index (κ3) is 1.94. The lowest BCUT2D eigenvalue weighted by Crippen LogP contribution is -2.33. The summed E-state index contributed by atoms with van der Waals surface area (Å²) in [7, 11) is 0. The molecular formula is C11H13NO4. The SMILES string of the molecule is O=C1OCC(CCO)N1c1cccc(O)c1. The van der Waals surface area contributed by atoms with Crippen LogP contribution >= 0.6 is 0 Å². The van der Waals surface area contributed by atoms with Gasteiger partial charge in [0.1, 0.15) is 12.4 Å². The quantitative estimate of drug-likeness (QED) is 0.805. The number of carbonyl (C=O) groups is 1. The topological polar surface area (TPSA) is 70.0 Å². The van der Waals surface area contributed by atoms with Crippen LogP contribution in [0.5, 0.6) is 5.75 Å². The number of cyclic esters (lactones) is 1. The summed E-state index contributed by atoms with van der Waals surface area (Å²) in [5, 5.41) is 18.2. The average Bonchev–Trinajstić information content (AvgIpc) is 2.60. The molecule has 0 radical (unpaired) electrons. The number of anilines is 1. The molecule has 5 heteroatoms. The van der Waals surface area contributed by atoms with Crippen LogP contribution in [-0.4, -0.2) is 35.6 Å². The molecule has 1 aliphatic heterocycles. The fourth-order valence-electron chi connectivity index (χ4n) is 1.78. The number of phenols is 1. The molecule has 2 N–H and O–H groups in total. The molecule has 2 rings (SSSR count). The highest BCUT2D eigenvalue weighted by molar-refractivity contribution is 5.90. The van der Waals surface area contributed by atoms with Crippen molar-refractivity contribution >= 4 is 11.8 Å². The molecule has 0 bridgehead atoms. The normalized spacial score (nSPS) is 19.9. The molecule has 1 saturated heterocycles. The second-order valence-corrected chi connectivity index (χ2v) is 3.63. The van der Waals surface area contributed by atoms with Gasteiger partial charge >= 0.3 is 6.09 Å². The van der Waals surface area contributed by atoms with E-state index in [2.05, 4.69) is 0 Å². The van der Waals surface area contributed by atoms with E-state index < -0.39 is 6.09 Å². The van der Waals surface area contributed by atoms with E-state index >= 15 is 0 Å². The van der Waals surface area contributed by atoms with E-state index in [9.17, 15) is 9.90 Å². The number of nitrogens with zero attached hydrogens (tertiary/aromatic N) is 1. The van der Waals surface area contributed by atoms with E-state index in [-0.39, 0.29) is 25.0 Å². The van der Waals surface area contributed by atoms with Gasteiger partial charge in [0.15, 0.2) is 0 Å². The van der Waals surface area contributed by atoms with Gasteiger partial charge in [-0.25, -0.2) is 4.79 Å². The first kappa shape index (κ1) is 10.8. The van der Waals surface area contributed by atoms with E-state index in [0.717, 1.165) is 0 Å². The fraction of sp³-hybridized carbons (Fsp3) is 0.364. The maximum absolute atomic E-state index is 11.5.